The summed E-state index contributed by atoms with van der Waals surface area (Å²) in [6, 6.07) is 13.7. The van der Waals surface area contributed by atoms with E-state index in [9.17, 15) is 14.9 Å². The fourth-order valence-electron chi connectivity index (χ4n) is 3.55. The van der Waals surface area contributed by atoms with Crippen molar-refractivity contribution in [1.29, 1.82) is 5.26 Å². The Bertz CT molecular complexity index is 1030. The van der Waals surface area contributed by atoms with Gasteiger partial charge in [-0.1, -0.05) is 37.1 Å². The molecule has 1 aliphatic carbocycles. The normalized spacial score (nSPS) is 14.0. The molecule has 2 aromatic rings. The van der Waals surface area contributed by atoms with Crippen molar-refractivity contribution in [3.63, 3.8) is 0 Å². The summed E-state index contributed by atoms with van der Waals surface area (Å²) in [5.41, 5.74) is 1.33. The maximum atomic E-state index is 12.6. The molecular formula is C24H24N2O5. The average Bonchev–Trinajstić information content (AvgIpc) is 3.29. The first-order chi connectivity index (χ1) is 15.0. The number of nitrogens with one attached hydrogen (secondary N) is 1. The highest BCUT2D eigenvalue weighted by atomic mass is 16.5. The minimum atomic E-state index is -1.02. The van der Waals surface area contributed by atoms with E-state index in [0.29, 0.717) is 22.6 Å². The lowest BCUT2D eigenvalue weighted by Crippen LogP contribution is -2.33. The molecule has 160 valence electrons. The highest BCUT2D eigenvalue weighted by molar-refractivity contribution is 6.02. The van der Waals surface area contributed by atoms with Crippen LogP contribution >= 0.6 is 0 Å². The van der Waals surface area contributed by atoms with Crippen molar-refractivity contribution in [2.24, 2.45) is 0 Å². The molecule has 7 nitrogen and oxygen atoms in total. The number of carbonyl (C=O) groups excluding carboxylic acids is 1. The molecular weight excluding hydrogens is 396 g/mol. The molecule has 0 atom stereocenters. The van der Waals surface area contributed by atoms with E-state index in [-0.39, 0.29) is 23.8 Å². The molecule has 1 amide bonds. The SMILES string of the molecule is COc1cccc(/C=C(/C#N)C(=O)NC2CCCC2)c1OCc1cccc(C(=O)O)c1. The highest BCUT2D eigenvalue weighted by Gasteiger charge is 2.20. The number of para-hydroxylation sites is 1. The average molecular weight is 420 g/mol. The number of methoxy groups -OCH3 is 1. The molecule has 0 aromatic heterocycles. The zero-order chi connectivity index (χ0) is 22.2. The summed E-state index contributed by atoms with van der Waals surface area (Å²) in [5.74, 6) is -0.615. The summed E-state index contributed by atoms with van der Waals surface area (Å²) in [6.45, 7) is 0.0957. The Balaban J connectivity index is 1.84. The van der Waals surface area contributed by atoms with E-state index in [0.717, 1.165) is 25.7 Å². The lowest BCUT2D eigenvalue weighted by molar-refractivity contribution is -0.117. The van der Waals surface area contributed by atoms with Crippen LogP contribution in [0.25, 0.3) is 6.08 Å². The van der Waals surface area contributed by atoms with E-state index < -0.39 is 11.9 Å². The molecule has 7 heteroatoms. The van der Waals surface area contributed by atoms with Crippen LogP contribution in [-0.2, 0) is 11.4 Å². The van der Waals surface area contributed by atoms with E-state index in [1.54, 1.807) is 30.3 Å². The number of ether oxygens (including phenoxy) is 2. The van der Waals surface area contributed by atoms with Crippen LogP contribution in [0.3, 0.4) is 0 Å². The van der Waals surface area contributed by atoms with Crippen LogP contribution in [0.15, 0.2) is 48.0 Å². The van der Waals surface area contributed by atoms with Crippen molar-refractivity contribution in [2.45, 2.75) is 38.3 Å². The number of carbonyl (C=O) groups is 2. The Hall–Kier alpha value is -3.79. The highest BCUT2D eigenvalue weighted by Crippen LogP contribution is 2.33. The molecule has 0 heterocycles. The van der Waals surface area contributed by atoms with Gasteiger partial charge >= 0.3 is 5.97 Å². The third-order valence-corrected chi connectivity index (χ3v) is 5.14. The van der Waals surface area contributed by atoms with Crippen LogP contribution in [0.5, 0.6) is 11.5 Å². The molecule has 2 N–H and O–H groups in total. The van der Waals surface area contributed by atoms with Gasteiger partial charge in [-0.2, -0.15) is 5.26 Å². The van der Waals surface area contributed by atoms with Crippen LogP contribution in [0, 0.1) is 11.3 Å². The number of benzene rings is 2. The quantitative estimate of drug-likeness (QED) is 0.495. The zero-order valence-electron chi connectivity index (χ0n) is 17.3. The Labute approximate surface area is 180 Å². The number of carboxylic acid groups (broad SMARTS) is 1. The van der Waals surface area contributed by atoms with Gasteiger partial charge in [0.05, 0.1) is 12.7 Å². The topological polar surface area (TPSA) is 109 Å². The third-order valence-electron chi connectivity index (χ3n) is 5.14. The Morgan fingerprint density at radius 2 is 1.97 bits per heavy atom. The largest absolute Gasteiger partial charge is 0.493 e. The van der Waals surface area contributed by atoms with E-state index in [2.05, 4.69) is 5.32 Å². The first-order valence-corrected chi connectivity index (χ1v) is 10.1. The zero-order valence-corrected chi connectivity index (χ0v) is 17.3. The van der Waals surface area contributed by atoms with Crippen molar-refractivity contribution in [2.75, 3.05) is 7.11 Å². The van der Waals surface area contributed by atoms with Gasteiger partial charge < -0.3 is 19.9 Å². The Kier molecular flexibility index (Phi) is 7.28. The number of hydrogen-bond donors (Lipinski definition) is 2. The van der Waals surface area contributed by atoms with E-state index >= 15 is 0 Å². The van der Waals surface area contributed by atoms with Gasteiger partial charge in [0.15, 0.2) is 11.5 Å². The second-order valence-corrected chi connectivity index (χ2v) is 7.30. The minimum Gasteiger partial charge on any atom is -0.493 e. The number of nitriles is 1. The monoisotopic (exact) mass is 420 g/mol. The van der Waals surface area contributed by atoms with E-state index in [1.165, 1.54) is 25.3 Å². The molecule has 31 heavy (non-hydrogen) atoms. The van der Waals surface area contributed by atoms with Gasteiger partial charge in [0.2, 0.25) is 0 Å². The number of nitrogens with zero attached hydrogens (tertiary/aromatic N) is 1. The second kappa shape index (κ2) is 10.3. The molecule has 0 bridgehead atoms. The van der Waals surface area contributed by atoms with Crippen LogP contribution in [0.4, 0.5) is 0 Å². The molecule has 0 spiro atoms. The standard InChI is InChI=1S/C24H24N2O5/c1-30-21-11-5-7-17(13-19(14-25)23(27)26-20-9-2-3-10-20)22(21)31-15-16-6-4-8-18(12-16)24(28)29/h4-8,11-13,20H,2-3,9-10,15H2,1H3,(H,26,27)(H,28,29)/b19-13-. The predicted molar refractivity (Wildman–Crippen MR) is 115 cm³/mol. The van der Waals surface area contributed by atoms with Crippen LogP contribution < -0.4 is 14.8 Å². The van der Waals surface area contributed by atoms with Gasteiger partial charge in [0.25, 0.3) is 5.91 Å². The number of carboxylic acids is 1. The molecule has 1 fully saturated rings. The van der Waals surface area contributed by atoms with Crippen LogP contribution in [0.1, 0.15) is 47.2 Å². The van der Waals surface area contributed by atoms with Crippen LogP contribution in [0.2, 0.25) is 0 Å². The second-order valence-electron chi connectivity index (χ2n) is 7.30. The van der Waals surface area contributed by atoms with Gasteiger partial charge in [-0.15, -0.1) is 0 Å². The number of hydrogen-bond acceptors (Lipinski definition) is 5. The summed E-state index contributed by atoms with van der Waals surface area (Å²) >= 11 is 0. The van der Waals surface area contributed by atoms with Crippen LogP contribution in [-0.4, -0.2) is 30.1 Å². The van der Waals surface area contributed by atoms with Gasteiger partial charge in [0.1, 0.15) is 18.2 Å². The lowest BCUT2D eigenvalue weighted by atomic mass is 10.1. The minimum absolute atomic E-state index is 0.0159. The van der Waals surface area contributed by atoms with Gasteiger partial charge in [0, 0.05) is 11.6 Å². The first kappa shape index (κ1) is 21.9. The van der Waals surface area contributed by atoms with Crippen molar-refractivity contribution < 1.29 is 24.2 Å². The molecule has 0 saturated heterocycles. The fraction of sp³-hybridized carbons (Fsp3) is 0.292. The van der Waals surface area contributed by atoms with Gasteiger partial charge in [-0.25, -0.2) is 4.79 Å². The van der Waals surface area contributed by atoms with Crippen molar-refractivity contribution in [3.8, 4) is 17.6 Å². The van der Waals surface area contributed by atoms with Crippen molar-refractivity contribution in [1.82, 2.24) is 5.32 Å². The molecule has 1 aliphatic rings. The molecule has 0 aliphatic heterocycles. The lowest BCUT2D eigenvalue weighted by Gasteiger charge is -2.15. The Morgan fingerprint density at radius 3 is 2.65 bits per heavy atom. The Morgan fingerprint density at radius 1 is 1.23 bits per heavy atom. The predicted octanol–water partition coefficient (Wildman–Crippen LogP) is 3.94. The summed E-state index contributed by atoms with van der Waals surface area (Å²) in [7, 11) is 1.50. The van der Waals surface area contributed by atoms with E-state index in [4.69, 9.17) is 14.6 Å². The molecule has 0 radical (unpaired) electrons. The van der Waals surface area contributed by atoms with Gasteiger partial charge in [-0.3, -0.25) is 4.79 Å². The maximum absolute atomic E-state index is 12.6. The van der Waals surface area contributed by atoms with Crippen molar-refractivity contribution in [3.05, 3.63) is 64.7 Å². The van der Waals surface area contributed by atoms with E-state index in [1.807, 2.05) is 6.07 Å². The summed E-state index contributed by atoms with van der Waals surface area (Å²) in [6.07, 6.45) is 5.48. The summed E-state index contributed by atoms with van der Waals surface area (Å²) in [4.78, 5) is 23.7. The third kappa shape index (κ3) is 5.64. The molecule has 2 aromatic carbocycles. The fourth-order valence-corrected chi connectivity index (χ4v) is 3.55. The van der Waals surface area contributed by atoms with Gasteiger partial charge in [-0.05, 0) is 42.7 Å². The smallest absolute Gasteiger partial charge is 0.335 e. The number of aromatic carboxylic acids is 1. The number of rotatable bonds is 8. The first-order valence-electron chi connectivity index (χ1n) is 10.1. The van der Waals surface area contributed by atoms with Crippen molar-refractivity contribution >= 4 is 18.0 Å². The summed E-state index contributed by atoms with van der Waals surface area (Å²) < 4.78 is 11.3. The summed E-state index contributed by atoms with van der Waals surface area (Å²) in [5, 5.41) is 21.6. The molecule has 3 rings (SSSR count). The maximum Gasteiger partial charge on any atom is 0.335 e. The molecule has 0 unspecified atom stereocenters. The number of amides is 1. The molecule has 1 saturated carbocycles.